The van der Waals surface area contributed by atoms with Gasteiger partial charge in [0.2, 0.25) is 10.0 Å². The summed E-state index contributed by atoms with van der Waals surface area (Å²) in [6.45, 7) is 4.68. The molecule has 1 amide bonds. The SMILES string of the molecule is C/C(=N\NC(=O)c1cccc(S(=O)(=O)N2CCC(C)CC2)c1)c1cc(Cl)ccc1O. The second-order valence-electron chi connectivity index (χ2n) is 7.41. The van der Waals surface area contributed by atoms with Crippen LogP contribution in [0.1, 0.15) is 42.6 Å². The number of rotatable bonds is 5. The molecule has 0 spiro atoms. The quantitative estimate of drug-likeness (QED) is 0.537. The lowest BCUT2D eigenvalue weighted by molar-refractivity contribution is 0.0954. The first-order chi connectivity index (χ1) is 14.2. The highest BCUT2D eigenvalue weighted by atomic mass is 35.5. The minimum atomic E-state index is -3.66. The van der Waals surface area contributed by atoms with Gasteiger partial charge in [-0.25, -0.2) is 13.8 Å². The lowest BCUT2D eigenvalue weighted by Crippen LogP contribution is -2.38. The molecular weight excluding hydrogens is 426 g/mol. The van der Waals surface area contributed by atoms with E-state index in [2.05, 4.69) is 17.5 Å². The Hall–Kier alpha value is -2.42. The Morgan fingerprint density at radius 2 is 1.90 bits per heavy atom. The largest absolute Gasteiger partial charge is 0.507 e. The molecule has 0 bridgehead atoms. The van der Waals surface area contributed by atoms with E-state index in [1.165, 1.54) is 40.7 Å². The summed E-state index contributed by atoms with van der Waals surface area (Å²) in [6, 6.07) is 10.4. The minimum Gasteiger partial charge on any atom is -0.507 e. The van der Waals surface area contributed by atoms with Crippen LogP contribution in [0.3, 0.4) is 0 Å². The van der Waals surface area contributed by atoms with E-state index in [0.29, 0.717) is 35.3 Å². The van der Waals surface area contributed by atoms with E-state index < -0.39 is 15.9 Å². The highest BCUT2D eigenvalue weighted by Gasteiger charge is 2.28. The lowest BCUT2D eigenvalue weighted by atomic mass is 10.0. The first kappa shape index (κ1) is 22.3. The lowest BCUT2D eigenvalue weighted by Gasteiger charge is -2.29. The fraction of sp³-hybridized carbons (Fsp3) is 0.333. The van der Waals surface area contributed by atoms with Gasteiger partial charge in [-0.15, -0.1) is 0 Å². The van der Waals surface area contributed by atoms with Gasteiger partial charge in [-0.05, 0) is 62.1 Å². The number of nitrogens with one attached hydrogen (secondary N) is 1. The summed E-state index contributed by atoms with van der Waals surface area (Å²) in [5.41, 5.74) is 3.31. The number of hydrogen-bond acceptors (Lipinski definition) is 5. The zero-order valence-corrected chi connectivity index (χ0v) is 18.4. The van der Waals surface area contributed by atoms with E-state index in [1.807, 2.05) is 0 Å². The number of hydrogen-bond donors (Lipinski definition) is 2. The van der Waals surface area contributed by atoms with Crippen molar-refractivity contribution < 1.29 is 18.3 Å². The van der Waals surface area contributed by atoms with Crippen molar-refractivity contribution >= 4 is 33.2 Å². The molecule has 0 aliphatic carbocycles. The van der Waals surface area contributed by atoms with Crippen LogP contribution in [0.15, 0.2) is 52.5 Å². The van der Waals surface area contributed by atoms with Crippen LogP contribution >= 0.6 is 11.6 Å². The molecule has 30 heavy (non-hydrogen) atoms. The molecule has 0 atom stereocenters. The molecule has 1 heterocycles. The van der Waals surface area contributed by atoms with E-state index in [9.17, 15) is 18.3 Å². The summed E-state index contributed by atoms with van der Waals surface area (Å²) in [7, 11) is -3.66. The number of phenols is 1. The molecule has 1 aliphatic rings. The zero-order chi connectivity index (χ0) is 21.9. The molecule has 0 saturated carbocycles. The highest BCUT2D eigenvalue weighted by Crippen LogP contribution is 2.24. The number of carbonyl (C=O) groups excluding carboxylic acids is 1. The zero-order valence-electron chi connectivity index (χ0n) is 16.8. The number of halogens is 1. The highest BCUT2D eigenvalue weighted by molar-refractivity contribution is 7.89. The van der Waals surface area contributed by atoms with Crippen LogP contribution in [0.4, 0.5) is 0 Å². The van der Waals surface area contributed by atoms with E-state index in [0.717, 1.165) is 12.8 Å². The van der Waals surface area contributed by atoms with Crippen LogP contribution in [-0.4, -0.2) is 42.5 Å². The molecule has 0 unspecified atom stereocenters. The number of carbonyl (C=O) groups is 1. The van der Waals surface area contributed by atoms with Gasteiger partial charge in [-0.3, -0.25) is 4.79 Å². The number of phenolic OH excluding ortho intramolecular Hbond substituents is 1. The summed E-state index contributed by atoms with van der Waals surface area (Å²) in [5, 5.41) is 14.4. The molecule has 9 heteroatoms. The number of hydrazone groups is 1. The van der Waals surface area contributed by atoms with Crippen LogP contribution in [0.2, 0.25) is 5.02 Å². The normalized spacial score (nSPS) is 16.4. The number of nitrogens with zero attached hydrogens (tertiary/aromatic N) is 2. The van der Waals surface area contributed by atoms with Crippen LogP contribution < -0.4 is 5.43 Å². The second kappa shape index (κ2) is 9.16. The number of sulfonamides is 1. The number of piperidine rings is 1. The molecule has 3 rings (SSSR count). The number of benzene rings is 2. The average molecular weight is 450 g/mol. The van der Waals surface area contributed by atoms with Crippen molar-refractivity contribution in [3.8, 4) is 5.75 Å². The van der Waals surface area contributed by atoms with Gasteiger partial charge in [-0.1, -0.05) is 24.6 Å². The molecule has 2 aromatic rings. The molecule has 7 nitrogen and oxygen atoms in total. The third kappa shape index (κ3) is 5.00. The predicted molar refractivity (Wildman–Crippen MR) is 116 cm³/mol. The maximum Gasteiger partial charge on any atom is 0.271 e. The predicted octanol–water partition coefficient (Wildman–Crippen LogP) is 3.62. The molecule has 1 aliphatic heterocycles. The minimum absolute atomic E-state index is 0.0150. The summed E-state index contributed by atoms with van der Waals surface area (Å²) in [6.07, 6.45) is 1.65. The van der Waals surface area contributed by atoms with Gasteiger partial charge < -0.3 is 5.11 Å². The Morgan fingerprint density at radius 1 is 1.20 bits per heavy atom. The smallest absolute Gasteiger partial charge is 0.271 e. The molecule has 1 saturated heterocycles. The molecule has 160 valence electrons. The molecule has 2 N–H and O–H groups in total. The maximum absolute atomic E-state index is 12.9. The fourth-order valence-corrected chi connectivity index (χ4v) is 4.92. The maximum atomic E-state index is 12.9. The van der Waals surface area contributed by atoms with Crippen LogP contribution in [0.25, 0.3) is 0 Å². The van der Waals surface area contributed by atoms with Crippen LogP contribution in [-0.2, 0) is 10.0 Å². The summed E-state index contributed by atoms with van der Waals surface area (Å²) in [5.74, 6) is -0.0624. The van der Waals surface area contributed by atoms with Gasteiger partial charge in [-0.2, -0.15) is 9.41 Å². The monoisotopic (exact) mass is 449 g/mol. The standard InChI is InChI=1S/C21H24ClN3O4S/c1-14-8-10-25(11-9-14)30(28,29)18-5-3-4-16(12-18)21(27)24-23-15(2)19-13-17(22)6-7-20(19)26/h3-7,12-14,26H,8-11H2,1-2H3,(H,24,27)/b23-15+. The summed E-state index contributed by atoms with van der Waals surface area (Å²) < 4.78 is 27.3. The van der Waals surface area contributed by atoms with Gasteiger partial charge in [0.15, 0.2) is 0 Å². The van der Waals surface area contributed by atoms with Crippen molar-refractivity contribution in [1.29, 1.82) is 0 Å². The van der Waals surface area contributed by atoms with E-state index in [4.69, 9.17) is 11.6 Å². The first-order valence-electron chi connectivity index (χ1n) is 9.62. The Bertz CT molecular complexity index is 1080. The van der Waals surface area contributed by atoms with Crippen molar-refractivity contribution in [3.05, 3.63) is 58.6 Å². The van der Waals surface area contributed by atoms with Crippen molar-refractivity contribution in [2.75, 3.05) is 13.1 Å². The molecule has 0 aromatic heterocycles. The van der Waals surface area contributed by atoms with Crippen LogP contribution in [0.5, 0.6) is 5.75 Å². The van der Waals surface area contributed by atoms with Gasteiger partial charge >= 0.3 is 0 Å². The third-order valence-electron chi connectivity index (χ3n) is 5.15. The molecular formula is C21H24ClN3O4S. The Balaban J connectivity index is 1.77. The Labute approximate surface area is 181 Å². The van der Waals surface area contributed by atoms with Crippen molar-refractivity contribution in [3.63, 3.8) is 0 Å². The van der Waals surface area contributed by atoms with Crippen molar-refractivity contribution in [2.45, 2.75) is 31.6 Å². The summed E-state index contributed by atoms with van der Waals surface area (Å²) >= 11 is 5.94. The number of aromatic hydroxyl groups is 1. The van der Waals surface area contributed by atoms with Gasteiger partial charge in [0.05, 0.1) is 10.6 Å². The Morgan fingerprint density at radius 3 is 2.60 bits per heavy atom. The average Bonchev–Trinajstić information content (AvgIpc) is 2.74. The third-order valence-corrected chi connectivity index (χ3v) is 7.28. The van der Waals surface area contributed by atoms with Gasteiger partial charge in [0.25, 0.3) is 5.91 Å². The van der Waals surface area contributed by atoms with Gasteiger partial charge in [0, 0.05) is 29.2 Å². The van der Waals surface area contributed by atoms with E-state index in [1.54, 1.807) is 13.0 Å². The topological polar surface area (TPSA) is 99.1 Å². The summed E-state index contributed by atoms with van der Waals surface area (Å²) in [4.78, 5) is 12.6. The van der Waals surface area contributed by atoms with Crippen molar-refractivity contribution in [1.82, 2.24) is 9.73 Å². The Kier molecular flexibility index (Phi) is 6.80. The fourth-order valence-electron chi connectivity index (χ4n) is 3.23. The van der Waals surface area contributed by atoms with E-state index in [-0.39, 0.29) is 16.2 Å². The number of amides is 1. The second-order valence-corrected chi connectivity index (χ2v) is 9.79. The van der Waals surface area contributed by atoms with Gasteiger partial charge in [0.1, 0.15) is 5.75 Å². The molecule has 0 radical (unpaired) electrons. The molecule has 2 aromatic carbocycles. The first-order valence-corrected chi connectivity index (χ1v) is 11.4. The van der Waals surface area contributed by atoms with Crippen molar-refractivity contribution in [2.24, 2.45) is 11.0 Å². The van der Waals surface area contributed by atoms with Crippen LogP contribution in [0, 0.1) is 5.92 Å². The molecule has 1 fully saturated rings. The van der Waals surface area contributed by atoms with E-state index >= 15 is 0 Å².